The third kappa shape index (κ3) is 4.73. The molecule has 0 saturated carbocycles. The van der Waals surface area contributed by atoms with Crippen LogP contribution in [0.2, 0.25) is 0 Å². The average Bonchev–Trinajstić information content (AvgIpc) is 2.23. The number of halogens is 6. The highest BCUT2D eigenvalue weighted by Gasteiger charge is 2.39. The van der Waals surface area contributed by atoms with Gasteiger partial charge in [-0.05, 0) is 12.1 Å². The molecule has 1 aromatic carbocycles. The third-order valence-corrected chi connectivity index (χ3v) is 3.13. The number of carbonyl (C=O) groups is 1. The molecule has 0 amide bonds. The van der Waals surface area contributed by atoms with Crippen LogP contribution in [-0.2, 0) is 22.2 Å². The number of carbonyl (C=O) groups excluding carboxylic acids is 1. The quantitative estimate of drug-likeness (QED) is 0.631. The molecular formula is C11H8F6O3S. The molecule has 21 heavy (non-hydrogen) atoms. The van der Waals surface area contributed by atoms with Gasteiger partial charge in [-0.25, -0.2) is 8.42 Å². The van der Waals surface area contributed by atoms with Gasteiger partial charge in [0.05, 0.1) is 11.1 Å². The molecule has 0 aliphatic heterocycles. The van der Waals surface area contributed by atoms with Crippen LogP contribution in [0.1, 0.15) is 21.5 Å². The van der Waals surface area contributed by atoms with Crippen molar-refractivity contribution in [3.63, 3.8) is 0 Å². The summed E-state index contributed by atoms with van der Waals surface area (Å²) in [5, 5.41) is 0. The van der Waals surface area contributed by atoms with E-state index in [2.05, 4.69) is 0 Å². The predicted molar refractivity (Wildman–Crippen MR) is 60.5 cm³/mol. The Bertz CT molecular complexity index is 658. The first-order valence-corrected chi connectivity index (χ1v) is 7.27. The van der Waals surface area contributed by atoms with Crippen molar-refractivity contribution in [1.29, 1.82) is 0 Å². The summed E-state index contributed by atoms with van der Waals surface area (Å²) in [6, 6.07) is 0.416. The number of rotatable bonds is 3. The van der Waals surface area contributed by atoms with Crippen LogP contribution in [0.3, 0.4) is 0 Å². The van der Waals surface area contributed by atoms with Crippen LogP contribution in [0, 0.1) is 0 Å². The summed E-state index contributed by atoms with van der Waals surface area (Å²) in [7, 11) is -3.91. The predicted octanol–water partition coefficient (Wildman–Crippen LogP) is 2.95. The summed E-state index contributed by atoms with van der Waals surface area (Å²) in [4.78, 5) is 11.5. The molecule has 0 aliphatic carbocycles. The van der Waals surface area contributed by atoms with Gasteiger partial charge >= 0.3 is 12.4 Å². The highest BCUT2D eigenvalue weighted by molar-refractivity contribution is 7.91. The molecule has 118 valence electrons. The monoisotopic (exact) mass is 334 g/mol. The van der Waals surface area contributed by atoms with Gasteiger partial charge in [0, 0.05) is 11.8 Å². The summed E-state index contributed by atoms with van der Waals surface area (Å²) < 4.78 is 97.3. The van der Waals surface area contributed by atoms with E-state index in [1.54, 1.807) is 0 Å². The largest absolute Gasteiger partial charge is 0.417 e. The second-order valence-electron chi connectivity index (χ2n) is 4.25. The first kappa shape index (κ1) is 17.5. The minimum atomic E-state index is -5.22. The van der Waals surface area contributed by atoms with E-state index in [1.165, 1.54) is 0 Å². The van der Waals surface area contributed by atoms with Crippen molar-refractivity contribution in [3.8, 4) is 0 Å². The second-order valence-corrected chi connectivity index (χ2v) is 6.39. The summed E-state index contributed by atoms with van der Waals surface area (Å²) in [6.07, 6.45) is -9.61. The van der Waals surface area contributed by atoms with Gasteiger partial charge in [-0.2, -0.15) is 26.3 Å². The van der Waals surface area contributed by atoms with Gasteiger partial charge in [-0.15, -0.1) is 0 Å². The number of Topliss-reactive ketones (excluding diaryl/α,β-unsaturated/α-hetero) is 1. The van der Waals surface area contributed by atoms with Crippen LogP contribution in [0.4, 0.5) is 26.3 Å². The summed E-state index contributed by atoms with van der Waals surface area (Å²) >= 11 is 0. The Kier molecular flexibility index (Phi) is 4.42. The fourth-order valence-electron chi connectivity index (χ4n) is 1.51. The fourth-order valence-corrected chi connectivity index (χ4v) is 2.15. The van der Waals surface area contributed by atoms with E-state index in [-0.39, 0.29) is 6.07 Å². The Morgan fingerprint density at radius 3 is 1.95 bits per heavy atom. The molecule has 0 atom stereocenters. The summed E-state index contributed by atoms with van der Waals surface area (Å²) in [5.74, 6) is -2.64. The van der Waals surface area contributed by atoms with Crippen molar-refractivity contribution in [2.24, 2.45) is 0 Å². The SMILES string of the molecule is CS(=O)(=O)CC(=O)c1ccc(C(F)(F)F)cc1C(F)(F)F. The molecule has 0 aromatic heterocycles. The molecule has 0 heterocycles. The summed E-state index contributed by atoms with van der Waals surface area (Å²) in [6.45, 7) is 0. The average molecular weight is 334 g/mol. The Morgan fingerprint density at radius 2 is 1.57 bits per heavy atom. The van der Waals surface area contributed by atoms with Crippen LogP contribution >= 0.6 is 0 Å². The van der Waals surface area contributed by atoms with Gasteiger partial charge in [0.15, 0.2) is 15.6 Å². The van der Waals surface area contributed by atoms with Crippen molar-refractivity contribution in [2.45, 2.75) is 12.4 Å². The van der Waals surface area contributed by atoms with Crippen LogP contribution < -0.4 is 0 Å². The topological polar surface area (TPSA) is 51.2 Å². The minimum absolute atomic E-state index is 0.213. The van der Waals surface area contributed by atoms with Crippen molar-refractivity contribution in [1.82, 2.24) is 0 Å². The lowest BCUT2D eigenvalue weighted by molar-refractivity contribution is -0.143. The van der Waals surface area contributed by atoms with E-state index < -0.39 is 50.4 Å². The van der Waals surface area contributed by atoms with E-state index in [1.807, 2.05) is 0 Å². The standard InChI is InChI=1S/C11H8F6O3S/c1-21(19,20)5-9(18)7-3-2-6(10(12,13)14)4-8(7)11(15,16)17/h2-4H,5H2,1H3. The maximum Gasteiger partial charge on any atom is 0.417 e. The van der Waals surface area contributed by atoms with E-state index in [4.69, 9.17) is 0 Å². The number of hydrogen-bond acceptors (Lipinski definition) is 3. The van der Waals surface area contributed by atoms with Gasteiger partial charge < -0.3 is 0 Å². The molecule has 0 unspecified atom stereocenters. The lowest BCUT2D eigenvalue weighted by Crippen LogP contribution is -2.20. The zero-order chi connectivity index (χ0) is 16.6. The smallest absolute Gasteiger partial charge is 0.293 e. The Balaban J connectivity index is 3.43. The summed E-state index contributed by atoms with van der Waals surface area (Å²) in [5.41, 5.74) is -4.50. The molecule has 3 nitrogen and oxygen atoms in total. The maximum absolute atomic E-state index is 12.7. The lowest BCUT2D eigenvalue weighted by atomic mass is 10.0. The van der Waals surface area contributed by atoms with Gasteiger partial charge in [-0.1, -0.05) is 6.07 Å². The van der Waals surface area contributed by atoms with Crippen molar-refractivity contribution >= 4 is 15.6 Å². The molecule has 0 spiro atoms. The third-order valence-electron chi connectivity index (χ3n) is 2.35. The molecular weight excluding hydrogens is 326 g/mol. The van der Waals surface area contributed by atoms with Gasteiger partial charge in [0.25, 0.3) is 0 Å². The molecule has 1 aromatic rings. The Morgan fingerprint density at radius 1 is 1.05 bits per heavy atom. The van der Waals surface area contributed by atoms with Crippen molar-refractivity contribution in [2.75, 3.05) is 12.0 Å². The Hall–Kier alpha value is -1.58. The van der Waals surface area contributed by atoms with Gasteiger partial charge in [0.1, 0.15) is 5.75 Å². The van der Waals surface area contributed by atoms with E-state index in [0.717, 1.165) is 0 Å². The maximum atomic E-state index is 12.7. The first-order chi connectivity index (χ1) is 9.22. The minimum Gasteiger partial charge on any atom is -0.293 e. The zero-order valence-electron chi connectivity index (χ0n) is 10.3. The highest BCUT2D eigenvalue weighted by atomic mass is 32.2. The zero-order valence-corrected chi connectivity index (χ0v) is 11.2. The van der Waals surface area contributed by atoms with E-state index in [0.29, 0.717) is 18.4 Å². The number of sulfone groups is 1. The molecule has 10 heteroatoms. The van der Waals surface area contributed by atoms with Crippen molar-refractivity contribution < 1.29 is 39.6 Å². The lowest BCUT2D eigenvalue weighted by Gasteiger charge is -2.15. The van der Waals surface area contributed by atoms with Crippen LogP contribution in [0.15, 0.2) is 18.2 Å². The Labute approximate surface area is 115 Å². The van der Waals surface area contributed by atoms with Crippen LogP contribution in [0.25, 0.3) is 0 Å². The van der Waals surface area contributed by atoms with Crippen LogP contribution in [0.5, 0.6) is 0 Å². The number of benzene rings is 1. The van der Waals surface area contributed by atoms with Gasteiger partial charge in [-0.3, -0.25) is 4.79 Å². The van der Waals surface area contributed by atoms with Crippen LogP contribution in [-0.4, -0.2) is 26.2 Å². The molecule has 0 bridgehead atoms. The highest BCUT2D eigenvalue weighted by Crippen LogP contribution is 2.37. The number of alkyl halides is 6. The molecule has 1 rings (SSSR count). The number of hydrogen-bond donors (Lipinski definition) is 0. The number of ketones is 1. The van der Waals surface area contributed by atoms with Gasteiger partial charge in [0.2, 0.25) is 0 Å². The molecule has 0 aliphatic rings. The normalized spacial score (nSPS) is 13.3. The molecule has 0 N–H and O–H groups in total. The fraction of sp³-hybridized carbons (Fsp3) is 0.364. The first-order valence-electron chi connectivity index (χ1n) is 5.21. The molecule has 0 saturated heterocycles. The molecule has 0 radical (unpaired) electrons. The van der Waals surface area contributed by atoms with Crippen molar-refractivity contribution in [3.05, 3.63) is 34.9 Å². The van der Waals surface area contributed by atoms with E-state index in [9.17, 15) is 39.6 Å². The second kappa shape index (κ2) is 5.32. The van der Waals surface area contributed by atoms with E-state index >= 15 is 0 Å². The molecule has 0 fully saturated rings.